The number of guanidine groups is 1. The van der Waals surface area contributed by atoms with Gasteiger partial charge in [0.2, 0.25) is 0 Å². The third-order valence-corrected chi connectivity index (χ3v) is 5.94. The molecule has 2 fully saturated rings. The predicted molar refractivity (Wildman–Crippen MR) is 97.7 cm³/mol. The van der Waals surface area contributed by atoms with Gasteiger partial charge >= 0.3 is 0 Å². The molecule has 3 aliphatic rings. The minimum atomic E-state index is 0.834. The molecule has 24 heavy (non-hydrogen) atoms. The van der Waals surface area contributed by atoms with Crippen LogP contribution in [0.2, 0.25) is 0 Å². The smallest absolute Gasteiger partial charge is 0.193 e. The summed E-state index contributed by atoms with van der Waals surface area (Å²) in [7, 11) is 1.91. The van der Waals surface area contributed by atoms with E-state index in [-0.39, 0.29) is 0 Å². The number of aliphatic imine (C=N–C) groups is 1. The Labute approximate surface area is 145 Å². The lowest BCUT2D eigenvalue weighted by molar-refractivity contribution is 0.299. The van der Waals surface area contributed by atoms with E-state index >= 15 is 0 Å². The van der Waals surface area contributed by atoms with E-state index in [0.29, 0.717) is 0 Å². The fourth-order valence-corrected chi connectivity index (χ4v) is 4.63. The third-order valence-electron chi connectivity index (χ3n) is 5.94. The maximum absolute atomic E-state index is 5.59. The van der Waals surface area contributed by atoms with Crippen molar-refractivity contribution in [2.45, 2.75) is 38.5 Å². The molecule has 1 N–H and O–H groups in total. The van der Waals surface area contributed by atoms with Gasteiger partial charge in [-0.05, 0) is 48.3 Å². The molecule has 0 bridgehead atoms. The Morgan fingerprint density at radius 3 is 2.79 bits per heavy atom. The second kappa shape index (κ2) is 7.04. The summed E-state index contributed by atoms with van der Waals surface area (Å²) >= 11 is 0. The summed E-state index contributed by atoms with van der Waals surface area (Å²) in [6, 6.07) is 6.62. The number of fused-ring (bicyclic) bond motifs is 2. The number of benzene rings is 1. The first-order valence-corrected chi connectivity index (χ1v) is 9.53. The average Bonchev–Trinajstić information content (AvgIpc) is 3.24. The zero-order valence-corrected chi connectivity index (χ0v) is 14.8. The first kappa shape index (κ1) is 15.8. The van der Waals surface area contributed by atoms with Crippen molar-refractivity contribution in [1.29, 1.82) is 0 Å². The van der Waals surface area contributed by atoms with Gasteiger partial charge in [0, 0.05) is 33.1 Å². The number of nitrogens with zero attached hydrogens (tertiary/aromatic N) is 2. The van der Waals surface area contributed by atoms with Gasteiger partial charge in [-0.15, -0.1) is 0 Å². The third kappa shape index (κ3) is 3.24. The van der Waals surface area contributed by atoms with Crippen molar-refractivity contribution in [2.24, 2.45) is 16.8 Å². The Morgan fingerprint density at radius 1 is 1.25 bits per heavy atom. The number of ether oxygens (including phenoxy) is 1. The van der Waals surface area contributed by atoms with E-state index in [1.165, 1.54) is 49.9 Å². The molecule has 4 heteroatoms. The zero-order chi connectivity index (χ0) is 16.4. The van der Waals surface area contributed by atoms with Crippen LogP contribution in [-0.2, 0) is 12.8 Å². The van der Waals surface area contributed by atoms with E-state index in [4.69, 9.17) is 4.74 Å². The molecule has 1 aliphatic carbocycles. The number of nitrogens with one attached hydrogen (secondary N) is 1. The standard InChI is InChI=1S/C20H29N3O/c1-21-20(23-13-17-4-2-3-5-18(17)14-23)22-10-8-15-6-7-19-16(12-15)9-11-24-19/h6-7,12,17-18H,2-5,8-11,13-14H2,1H3,(H,21,22). The monoisotopic (exact) mass is 327 g/mol. The van der Waals surface area contributed by atoms with Crippen molar-refractivity contribution >= 4 is 5.96 Å². The number of rotatable bonds is 3. The van der Waals surface area contributed by atoms with Crippen LogP contribution in [0.1, 0.15) is 36.8 Å². The quantitative estimate of drug-likeness (QED) is 0.685. The van der Waals surface area contributed by atoms with Crippen molar-refractivity contribution < 1.29 is 4.74 Å². The molecule has 0 spiro atoms. The first-order chi connectivity index (χ1) is 11.8. The summed E-state index contributed by atoms with van der Waals surface area (Å²) < 4.78 is 5.59. The topological polar surface area (TPSA) is 36.9 Å². The molecular formula is C20H29N3O. The van der Waals surface area contributed by atoms with Crippen LogP contribution in [0.3, 0.4) is 0 Å². The molecule has 130 valence electrons. The average molecular weight is 327 g/mol. The van der Waals surface area contributed by atoms with Gasteiger partial charge < -0.3 is 15.0 Å². The van der Waals surface area contributed by atoms with E-state index in [0.717, 1.165) is 49.5 Å². The summed E-state index contributed by atoms with van der Waals surface area (Å²) in [4.78, 5) is 7.01. The highest BCUT2D eigenvalue weighted by Crippen LogP contribution is 2.35. The summed E-state index contributed by atoms with van der Waals surface area (Å²) in [6.07, 6.45) is 7.75. The van der Waals surface area contributed by atoms with Crippen LogP contribution in [0.15, 0.2) is 23.2 Å². The van der Waals surface area contributed by atoms with Gasteiger partial charge in [0.1, 0.15) is 5.75 Å². The lowest BCUT2D eigenvalue weighted by atomic mass is 9.82. The SMILES string of the molecule is CN=C(NCCc1ccc2c(c1)CCO2)N1CC2CCCCC2C1. The molecule has 0 amide bonds. The number of likely N-dealkylation sites (tertiary alicyclic amines) is 1. The van der Waals surface area contributed by atoms with Crippen molar-refractivity contribution in [1.82, 2.24) is 10.2 Å². The van der Waals surface area contributed by atoms with E-state index < -0.39 is 0 Å². The van der Waals surface area contributed by atoms with Crippen molar-refractivity contribution in [3.05, 3.63) is 29.3 Å². The van der Waals surface area contributed by atoms with Gasteiger partial charge in [-0.2, -0.15) is 0 Å². The van der Waals surface area contributed by atoms with E-state index in [2.05, 4.69) is 33.4 Å². The highest BCUT2D eigenvalue weighted by atomic mass is 16.5. The Balaban J connectivity index is 1.30. The number of hydrogen-bond acceptors (Lipinski definition) is 2. The lowest BCUT2D eigenvalue weighted by Crippen LogP contribution is -2.41. The van der Waals surface area contributed by atoms with Gasteiger partial charge in [0.05, 0.1) is 6.61 Å². The second-order valence-electron chi connectivity index (χ2n) is 7.47. The molecule has 1 aromatic rings. The highest BCUT2D eigenvalue weighted by molar-refractivity contribution is 5.80. The normalized spacial score (nSPS) is 26.0. The number of hydrogen-bond donors (Lipinski definition) is 1. The summed E-state index contributed by atoms with van der Waals surface area (Å²) in [5.41, 5.74) is 2.75. The fraction of sp³-hybridized carbons (Fsp3) is 0.650. The first-order valence-electron chi connectivity index (χ1n) is 9.53. The second-order valence-corrected chi connectivity index (χ2v) is 7.47. The molecule has 4 rings (SSSR count). The summed E-state index contributed by atoms with van der Waals surface area (Å²) in [5.74, 6) is 3.96. The summed E-state index contributed by atoms with van der Waals surface area (Å²) in [6.45, 7) is 4.17. The zero-order valence-electron chi connectivity index (χ0n) is 14.8. The molecule has 0 aromatic heterocycles. The Kier molecular flexibility index (Phi) is 4.63. The highest BCUT2D eigenvalue weighted by Gasteiger charge is 2.35. The van der Waals surface area contributed by atoms with Gasteiger partial charge in [-0.1, -0.05) is 25.0 Å². The van der Waals surface area contributed by atoms with Crippen LogP contribution in [0.4, 0.5) is 0 Å². The minimum absolute atomic E-state index is 0.834. The molecule has 2 aliphatic heterocycles. The molecule has 1 saturated heterocycles. The molecule has 2 unspecified atom stereocenters. The van der Waals surface area contributed by atoms with Crippen molar-refractivity contribution in [3.63, 3.8) is 0 Å². The van der Waals surface area contributed by atoms with E-state index in [9.17, 15) is 0 Å². The van der Waals surface area contributed by atoms with Crippen molar-refractivity contribution in [3.8, 4) is 5.75 Å². The molecular weight excluding hydrogens is 298 g/mol. The van der Waals surface area contributed by atoms with E-state index in [1.807, 2.05) is 7.05 Å². The van der Waals surface area contributed by atoms with Crippen LogP contribution in [0.25, 0.3) is 0 Å². The predicted octanol–water partition coefficient (Wildman–Crippen LogP) is 2.86. The maximum Gasteiger partial charge on any atom is 0.193 e. The van der Waals surface area contributed by atoms with Gasteiger partial charge in [-0.3, -0.25) is 4.99 Å². The van der Waals surface area contributed by atoms with E-state index in [1.54, 1.807) is 0 Å². The van der Waals surface area contributed by atoms with Crippen LogP contribution >= 0.6 is 0 Å². The largest absolute Gasteiger partial charge is 0.493 e. The fourth-order valence-electron chi connectivity index (χ4n) is 4.63. The van der Waals surface area contributed by atoms with Crippen molar-refractivity contribution in [2.75, 3.05) is 33.3 Å². The lowest BCUT2D eigenvalue weighted by Gasteiger charge is -2.22. The maximum atomic E-state index is 5.59. The molecule has 1 saturated carbocycles. The summed E-state index contributed by atoms with van der Waals surface area (Å²) in [5, 5.41) is 3.58. The van der Waals surface area contributed by atoms with Crippen LogP contribution in [0.5, 0.6) is 5.75 Å². The molecule has 1 aromatic carbocycles. The van der Waals surface area contributed by atoms with Gasteiger partial charge in [-0.25, -0.2) is 0 Å². The van der Waals surface area contributed by atoms with Gasteiger partial charge in [0.25, 0.3) is 0 Å². The van der Waals surface area contributed by atoms with Crippen LogP contribution in [0, 0.1) is 11.8 Å². The Hall–Kier alpha value is -1.71. The molecule has 2 heterocycles. The van der Waals surface area contributed by atoms with Gasteiger partial charge in [0.15, 0.2) is 5.96 Å². The minimum Gasteiger partial charge on any atom is -0.493 e. The Morgan fingerprint density at radius 2 is 2.04 bits per heavy atom. The molecule has 0 radical (unpaired) electrons. The Bertz CT molecular complexity index is 599. The van der Waals surface area contributed by atoms with Crippen LogP contribution in [-0.4, -0.2) is 44.1 Å². The molecule has 4 nitrogen and oxygen atoms in total. The molecule has 2 atom stereocenters. The van der Waals surface area contributed by atoms with Crippen LogP contribution < -0.4 is 10.1 Å².